The number of halogens is 1. The lowest BCUT2D eigenvalue weighted by Gasteiger charge is -2.67. The fourth-order valence-electron chi connectivity index (χ4n) is 9.32. The molecule has 5 rings (SSSR count). The summed E-state index contributed by atoms with van der Waals surface area (Å²) in [6.07, 6.45) is 13.6. The van der Waals surface area contributed by atoms with Crippen molar-refractivity contribution in [3.8, 4) is 0 Å². The first-order valence-electron chi connectivity index (χ1n) is 13.2. The van der Waals surface area contributed by atoms with E-state index >= 15 is 0 Å². The van der Waals surface area contributed by atoms with Gasteiger partial charge in [-0.25, -0.2) is 0 Å². The molecule has 0 unspecified atom stereocenters. The molecule has 1 N–H and O–H groups in total. The summed E-state index contributed by atoms with van der Waals surface area (Å²) < 4.78 is 0. The average Bonchev–Trinajstić information content (AvgIpc) is 2.74. The number of aliphatic carboxylic acids is 1. The molecule has 0 aliphatic heterocycles. The van der Waals surface area contributed by atoms with Crippen molar-refractivity contribution in [1.82, 2.24) is 0 Å². The van der Waals surface area contributed by atoms with Gasteiger partial charge in [0.05, 0.1) is 10.4 Å². The Morgan fingerprint density at radius 2 is 1.59 bits per heavy atom. The molecule has 34 heavy (non-hydrogen) atoms. The lowest BCUT2D eigenvalue weighted by molar-refractivity contribution is -0.154. The number of hydrogen-bond acceptors (Lipinski definition) is 2. The van der Waals surface area contributed by atoms with Crippen molar-refractivity contribution in [2.45, 2.75) is 93.4 Å². The minimum atomic E-state index is -0.651. The van der Waals surface area contributed by atoms with Crippen LogP contribution in [0.4, 0.5) is 0 Å². The van der Waals surface area contributed by atoms with Crippen LogP contribution in [0.2, 0.25) is 0 Å². The first kappa shape index (κ1) is 24.3. The molecule has 0 aromatic rings. The maximum absolute atomic E-state index is 13.0. The Morgan fingerprint density at radius 1 is 0.941 bits per heavy atom. The number of carboxylic acid groups (broad SMARTS) is 1. The number of ketones is 1. The number of rotatable bonds is 1. The number of fused-ring (bicyclic) bond motifs is 7. The van der Waals surface area contributed by atoms with Crippen molar-refractivity contribution >= 4 is 23.4 Å². The molecule has 4 heteroatoms. The predicted octanol–water partition coefficient (Wildman–Crippen LogP) is 7.70. The standard InChI is InChI=1S/C30H41ClO3/c1-25(2)21-10-11-30(7)22(28(21,5)17-20(31)23(25)32)9-8-18-19-16-27(4,24(33)34)13-12-26(19,3)14-15-29(18,30)6/h8-9,17,19,21H,10-16H2,1-7H3,(H,33,34)/t19-,21-,26+,27-,28-,29+,30+/m0/s1. The molecule has 0 saturated heterocycles. The SMILES string of the molecule is CC1(C)C(=O)C(Cl)=C[C@]2(C)C3=CC=C4[C@@H]5C[C@@](C)(C(=O)O)CC[C@]5(C)CC[C@@]4(C)[C@]3(C)CC[C@@H]12. The van der Waals surface area contributed by atoms with Gasteiger partial charge in [0.15, 0.2) is 5.78 Å². The van der Waals surface area contributed by atoms with Crippen molar-refractivity contribution in [3.05, 3.63) is 34.4 Å². The minimum absolute atomic E-state index is 0.0160. The molecule has 0 aromatic carbocycles. The van der Waals surface area contributed by atoms with Gasteiger partial charge in [0.1, 0.15) is 0 Å². The van der Waals surface area contributed by atoms with E-state index in [4.69, 9.17) is 11.6 Å². The molecule has 0 bridgehead atoms. The summed E-state index contributed by atoms with van der Waals surface area (Å²) in [6.45, 7) is 15.7. The van der Waals surface area contributed by atoms with Crippen LogP contribution in [0.25, 0.3) is 0 Å². The maximum atomic E-state index is 13.0. The largest absolute Gasteiger partial charge is 0.481 e. The molecular weight excluding hydrogens is 444 g/mol. The van der Waals surface area contributed by atoms with Crippen LogP contribution in [0.15, 0.2) is 34.4 Å². The van der Waals surface area contributed by atoms with Crippen LogP contribution < -0.4 is 0 Å². The Bertz CT molecular complexity index is 1080. The second-order valence-corrected chi connectivity index (χ2v) is 14.5. The Hall–Kier alpha value is -1.35. The lowest BCUT2D eigenvalue weighted by atomic mass is 9.37. The number of carbonyl (C=O) groups excluding carboxylic acids is 1. The normalized spacial score (nSPS) is 49.4. The van der Waals surface area contributed by atoms with E-state index in [9.17, 15) is 14.7 Å². The van der Waals surface area contributed by atoms with Crippen LogP contribution in [-0.4, -0.2) is 16.9 Å². The van der Waals surface area contributed by atoms with Gasteiger partial charge in [-0.05, 0) is 80.0 Å². The van der Waals surface area contributed by atoms with Gasteiger partial charge in [0.25, 0.3) is 0 Å². The summed E-state index contributed by atoms with van der Waals surface area (Å²) in [4.78, 5) is 25.2. The molecule has 3 fully saturated rings. The highest BCUT2D eigenvalue weighted by atomic mass is 35.5. The molecule has 0 amide bonds. The Labute approximate surface area is 210 Å². The van der Waals surface area contributed by atoms with Crippen molar-refractivity contribution < 1.29 is 14.7 Å². The smallest absolute Gasteiger partial charge is 0.309 e. The number of hydrogen-bond donors (Lipinski definition) is 1. The first-order chi connectivity index (χ1) is 15.6. The zero-order valence-corrected chi connectivity index (χ0v) is 22.7. The van der Waals surface area contributed by atoms with E-state index < -0.39 is 16.8 Å². The highest BCUT2D eigenvalue weighted by Crippen LogP contribution is 2.74. The number of carbonyl (C=O) groups is 2. The predicted molar refractivity (Wildman–Crippen MR) is 136 cm³/mol. The first-order valence-corrected chi connectivity index (χ1v) is 13.5. The zero-order valence-electron chi connectivity index (χ0n) is 22.0. The fraction of sp³-hybridized carbons (Fsp3) is 0.733. The molecule has 5 aliphatic rings. The summed E-state index contributed by atoms with van der Waals surface area (Å²) in [6, 6.07) is 0. The van der Waals surface area contributed by atoms with Gasteiger partial charge >= 0.3 is 5.97 Å². The van der Waals surface area contributed by atoms with Gasteiger partial charge < -0.3 is 5.11 Å². The molecule has 186 valence electrons. The van der Waals surface area contributed by atoms with E-state index in [-0.39, 0.29) is 33.4 Å². The summed E-state index contributed by atoms with van der Waals surface area (Å²) in [7, 11) is 0. The lowest BCUT2D eigenvalue weighted by Crippen LogP contribution is -2.59. The van der Waals surface area contributed by atoms with E-state index in [2.05, 4.69) is 59.8 Å². The van der Waals surface area contributed by atoms with E-state index in [0.717, 1.165) is 44.9 Å². The van der Waals surface area contributed by atoms with Crippen molar-refractivity contribution in [2.75, 3.05) is 0 Å². The Balaban J connectivity index is 1.67. The van der Waals surface area contributed by atoms with E-state index in [0.29, 0.717) is 11.0 Å². The highest BCUT2D eigenvalue weighted by Gasteiger charge is 2.66. The van der Waals surface area contributed by atoms with Gasteiger partial charge in [-0.1, -0.05) is 82.5 Å². The second kappa shape index (κ2) is 6.90. The van der Waals surface area contributed by atoms with Gasteiger partial charge in [-0.2, -0.15) is 0 Å². The van der Waals surface area contributed by atoms with E-state index in [1.54, 1.807) is 0 Å². The molecular formula is C30H41ClO3. The summed E-state index contributed by atoms with van der Waals surface area (Å²) in [5, 5.41) is 10.4. The molecule has 3 nitrogen and oxygen atoms in total. The van der Waals surface area contributed by atoms with Gasteiger partial charge in [-0.3, -0.25) is 9.59 Å². The Kier molecular flexibility index (Phi) is 4.94. The van der Waals surface area contributed by atoms with Crippen molar-refractivity contribution in [2.24, 2.45) is 44.3 Å². The molecule has 0 radical (unpaired) electrons. The topological polar surface area (TPSA) is 54.4 Å². The number of allylic oxidation sites excluding steroid dienone is 6. The molecule has 0 aromatic heterocycles. The van der Waals surface area contributed by atoms with Crippen molar-refractivity contribution in [1.29, 1.82) is 0 Å². The fourth-order valence-corrected chi connectivity index (χ4v) is 9.79. The van der Waals surface area contributed by atoms with Crippen LogP contribution >= 0.6 is 11.6 Å². The van der Waals surface area contributed by atoms with Gasteiger partial charge in [0.2, 0.25) is 0 Å². The summed E-state index contributed by atoms with van der Waals surface area (Å²) >= 11 is 6.59. The molecule has 5 aliphatic carbocycles. The van der Waals surface area contributed by atoms with Crippen LogP contribution in [0.5, 0.6) is 0 Å². The van der Waals surface area contributed by atoms with Crippen LogP contribution in [0.3, 0.4) is 0 Å². The molecule has 3 saturated carbocycles. The monoisotopic (exact) mass is 484 g/mol. The maximum Gasteiger partial charge on any atom is 0.309 e. The van der Waals surface area contributed by atoms with Crippen LogP contribution in [0, 0.1) is 44.3 Å². The third kappa shape index (κ3) is 2.77. The zero-order chi connectivity index (χ0) is 25.1. The Morgan fingerprint density at radius 3 is 2.24 bits per heavy atom. The summed E-state index contributed by atoms with van der Waals surface area (Å²) in [5.41, 5.74) is 1.63. The van der Waals surface area contributed by atoms with E-state index in [1.165, 1.54) is 11.1 Å². The third-order valence-corrected chi connectivity index (χ3v) is 12.3. The third-order valence-electron chi connectivity index (χ3n) is 12.0. The summed E-state index contributed by atoms with van der Waals surface area (Å²) in [5.74, 6) is -0.0539. The van der Waals surface area contributed by atoms with Gasteiger partial charge in [0, 0.05) is 10.8 Å². The second-order valence-electron chi connectivity index (χ2n) is 14.1. The number of Topliss-reactive ketones (excluding diaryl/α,β-unsaturated/α-hetero) is 1. The average molecular weight is 485 g/mol. The highest BCUT2D eigenvalue weighted by molar-refractivity contribution is 6.43. The van der Waals surface area contributed by atoms with Crippen molar-refractivity contribution in [3.63, 3.8) is 0 Å². The molecule has 0 spiro atoms. The van der Waals surface area contributed by atoms with Crippen LogP contribution in [-0.2, 0) is 9.59 Å². The molecule has 0 heterocycles. The van der Waals surface area contributed by atoms with E-state index in [1.807, 2.05) is 6.92 Å². The quantitative estimate of drug-likeness (QED) is 0.414. The number of carboxylic acids is 1. The van der Waals surface area contributed by atoms with Crippen LogP contribution in [0.1, 0.15) is 93.4 Å². The minimum Gasteiger partial charge on any atom is -0.481 e. The van der Waals surface area contributed by atoms with Gasteiger partial charge in [-0.15, -0.1) is 0 Å². The molecule has 7 atom stereocenters.